The van der Waals surface area contributed by atoms with Gasteiger partial charge in [-0.25, -0.2) is 5.43 Å². The van der Waals surface area contributed by atoms with Crippen molar-refractivity contribution in [2.75, 3.05) is 0 Å². The summed E-state index contributed by atoms with van der Waals surface area (Å²) in [5.74, 6) is -3.72. The molecule has 0 heterocycles. The summed E-state index contributed by atoms with van der Waals surface area (Å²) in [7, 11) is 0. The maximum atomic E-state index is 12.8. The van der Waals surface area contributed by atoms with Crippen LogP contribution in [0.2, 0.25) is 0 Å². The Bertz CT molecular complexity index is 906. The lowest BCUT2D eigenvalue weighted by Crippen LogP contribution is -2.20. The normalized spacial score (nSPS) is 12.4. The van der Waals surface area contributed by atoms with E-state index in [9.17, 15) is 41.4 Å². The van der Waals surface area contributed by atoms with Crippen molar-refractivity contribution >= 4 is 12.1 Å². The summed E-state index contributed by atoms with van der Waals surface area (Å²) in [6, 6.07) is 2.37. The van der Waals surface area contributed by atoms with Gasteiger partial charge in [-0.2, -0.15) is 31.4 Å². The van der Waals surface area contributed by atoms with Gasteiger partial charge in [-0.3, -0.25) is 4.79 Å². The molecule has 0 saturated carbocycles. The summed E-state index contributed by atoms with van der Waals surface area (Å²) >= 11 is 0. The smallest absolute Gasteiger partial charge is 0.416 e. The van der Waals surface area contributed by atoms with Gasteiger partial charge in [0.2, 0.25) is 5.75 Å². The maximum absolute atomic E-state index is 12.8. The van der Waals surface area contributed by atoms with Crippen molar-refractivity contribution in [1.29, 1.82) is 0 Å². The number of hydrazone groups is 1. The first-order chi connectivity index (χ1) is 12.8. The van der Waals surface area contributed by atoms with E-state index in [1.165, 1.54) is 0 Å². The molecule has 6 nitrogen and oxygen atoms in total. The van der Waals surface area contributed by atoms with E-state index in [1.54, 1.807) is 5.43 Å². The van der Waals surface area contributed by atoms with Crippen LogP contribution in [-0.4, -0.2) is 27.4 Å². The van der Waals surface area contributed by atoms with Crippen LogP contribution in [-0.2, 0) is 12.4 Å². The van der Waals surface area contributed by atoms with E-state index < -0.39 is 52.2 Å². The third-order valence-electron chi connectivity index (χ3n) is 3.38. The Balaban J connectivity index is 2.30. The van der Waals surface area contributed by atoms with E-state index in [0.717, 1.165) is 18.3 Å². The van der Waals surface area contributed by atoms with Crippen molar-refractivity contribution in [3.8, 4) is 17.2 Å². The second-order valence-corrected chi connectivity index (χ2v) is 5.36. The second-order valence-electron chi connectivity index (χ2n) is 5.36. The molecule has 2 aromatic rings. The van der Waals surface area contributed by atoms with E-state index in [-0.39, 0.29) is 23.8 Å². The molecule has 0 aliphatic heterocycles. The monoisotopic (exact) mass is 408 g/mol. The molecule has 28 heavy (non-hydrogen) atoms. The molecule has 0 aliphatic rings. The molecule has 2 aromatic carbocycles. The van der Waals surface area contributed by atoms with Gasteiger partial charge in [0.1, 0.15) is 0 Å². The van der Waals surface area contributed by atoms with Gasteiger partial charge in [0.15, 0.2) is 11.5 Å². The molecule has 0 fully saturated rings. The van der Waals surface area contributed by atoms with Gasteiger partial charge in [0.05, 0.1) is 17.3 Å². The Morgan fingerprint density at radius 3 is 1.93 bits per heavy atom. The standard InChI is InChI=1S/C16H10F6N2O4/c17-15(18,19)9-3-8(4-10(5-9)16(20,21)22)14(28)24-23-6-7-1-2-11(25)13(27)12(7)26/h1-6,25-27H,(H,24,28). The number of nitrogens with zero attached hydrogens (tertiary/aromatic N) is 1. The maximum Gasteiger partial charge on any atom is 0.416 e. The Morgan fingerprint density at radius 1 is 0.893 bits per heavy atom. The van der Waals surface area contributed by atoms with Crippen molar-refractivity contribution in [2.45, 2.75) is 12.4 Å². The van der Waals surface area contributed by atoms with Crippen LogP contribution in [0.15, 0.2) is 35.4 Å². The van der Waals surface area contributed by atoms with Crippen molar-refractivity contribution in [2.24, 2.45) is 5.10 Å². The van der Waals surface area contributed by atoms with Crippen LogP contribution >= 0.6 is 0 Å². The molecule has 0 radical (unpaired) electrons. The predicted molar refractivity (Wildman–Crippen MR) is 82.9 cm³/mol. The second kappa shape index (κ2) is 7.29. The number of hydrogen-bond acceptors (Lipinski definition) is 5. The number of alkyl halides is 6. The van der Waals surface area contributed by atoms with Crippen molar-refractivity contribution < 1.29 is 46.5 Å². The molecule has 0 saturated heterocycles. The highest BCUT2D eigenvalue weighted by Crippen LogP contribution is 2.37. The SMILES string of the molecule is O=C(NN=Cc1ccc(O)c(O)c1O)c1cc(C(F)(F)F)cc(C(F)(F)F)c1. The van der Waals surface area contributed by atoms with E-state index in [0.29, 0.717) is 0 Å². The van der Waals surface area contributed by atoms with Crippen LogP contribution in [0.4, 0.5) is 26.3 Å². The first kappa shape index (κ1) is 20.9. The molecule has 12 heteroatoms. The van der Waals surface area contributed by atoms with Gasteiger partial charge in [-0.05, 0) is 30.3 Å². The molecule has 150 valence electrons. The topological polar surface area (TPSA) is 102 Å². The lowest BCUT2D eigenvalue weighted by Gasteiger charge is -2.13. The van der Waals surface area contributed by atoms with Crippen LogP contribution in [0.25, 0.3) is 0 Å². The van der Waals surface area contributed by atoms with E-state index in [4.69, 9.17) is 5.11 Å². The highest BCUT2D eigenvalue weighted by atomic mass is 19.4. The minimum absolute atomic E-state index is 0.128. The third kappa shape index (κ3) is 4.64. The minimum Gasteiger partial charge on any atom is -0.504 e. The number of phenols is 3. The Labute approximate surface area is 152 Å². The Morgan fingerprint density at radius 2 is 1.43 bits per heavy atom. The molecule has 2 rings (SSSR count). The number of nitrogens with one attached hydrogen (secondary N) is 1. The molecular formula is C16H10F6N2O4. The first-order valence-corrected chi connectivity index (χ1v) is 7.17. The lowest BCUT2D eigenvalue weighted by molar-refractivity contribution is -0.143. The van der Waals surface area contributed by atoms with Gasteiger partial charge < -0.3 is 15.3 Å². The highest BCUT2D eigenvalue weighted by molar-refractivity contribution is 5.95. The summed E-state index contributed by atoms with van der Waals surface area (Å²) in [4.78, 5) is 11.9. The summed E-state index contributed by atoms with van der Waals surface area (Å²) in [6.45, 7) is 0. The number of amides is 1. The van der Waals surface area contributed by atoms with Gasteiger partial charge in [0.25, 0.3) is 5.91 Å². The molecular weight excluding hydrogens is 398 g/mol. The molecule has 0 atom stereocenters. The van der Waals surface area contributed by atoms with E-state index in [1.807, 2.05) is 0 Å². The average molecular weight is 408 g/mol. The summed E-state index contributed by atoms with van der Waals surface area (Å²) < 4.78 is 76.7. The molecule has 0 bridgehead atoms. The number of halogens is 6. The van der Waals surface area contributed by atoms with Gasteiger partial charge in [0, 0.05) is 11.1 Å². The first-order valence-electron chi connectivity index (χ1n) is 7.17. The van der Waals surface area contributed by atoms with Gasteiger partial charge in [-0.1, -0.05) is 0 Å². The number of hydrogen-bond donors (Lipinski definition) is 4. The molecule has 0 unspecified atom stereocenters. The van der Waals surface area contributed by atoms with Gasteiger partial charge in [-0.15, -0.1) is 0 Å². The zero-order chi connectivity index (χ0) is 21.3. The van der Waals surface area contributed by atoms with Crippen molar-refractivity contribution in [1.82, 2.24) is 5.43 Å². The molecule has 4 N–H and O–H groups in total. The third-order valence-corrected chi connectivity index (χ3v) is 3.38. The van der Waals surface area contributed by atoms with Crippen LogP contribution in [0, 0.1) is 0 Å². The summed E-state index contributed by atoms with van der Waals surface area (Å²) in [5, 5.41) is 31.3. The average Bonchev–Trinajstić information content (AvgIpc) is 2.59. The highest BCUT2D eigenvalue weighted by Gasteiger charge is 2.37. The number of carbonyl (C=O) groups excluding carboxylic acids is 1. The fourth-order valence-electron chi connectivity index (χ4n) is 2.00. The number of benzene rings is 2. The van der Waals surface area contributed by atoms with Gasteiger partial charge >= 0.3 is 12.4 Å². The largest absolute Gasteiger partial charge is 0.504 e. The fraction of sp³-hybridized carbons (Fsp3) is 0.125. The molecule has 0 aliphatic carbocycles. The lowest BCUT2D eigenvalue weighted by atomic mass is 10.0. The van der Waals surface area contributed by atoms with Crippen LogP contribution < -0.4 is 5.43 Å². The summed E-state index contributed by atoms with van der Waals surface area (Å²) in [5.41, 5.74) is -2.78. The molecule has 1 amide bonds. The number of aromatic hydroxyl groups is 3. The van der Waals surface area contributed by atoms with E-state index >= 15 is 0 Å². The number of rotatable bonds is 3. The zero-order valence-electron chi connectivity index (χ0n) is 13.4. The van der Waals surface area contributed by atoms with Crippen LogP contribution in [0.5, 0.6) is 17.2 Å². The minimum atomic E-state index is -5.12. The number of carbonyl (C=O) groups is 1. The van der Waals surface area contributed by atoms with Crippen molar-refractivity contribution in [3.63, 3.8) is 0 Å². The van der Waals surface area contributed by atoms with Crippen molar-refractivity contribution in [3.05, 3.63) is 52.6 Å². The Kier molecular flexibility index (Phi) is 5.43. The Hall–Kier alpha value is -3.44. The predicted octanol–water partition coefficient (Wildman–Crippen LogP) is 3.60. The van der Waals surface area contributed by atoms with Crippen LogP contribution in [0.1, 0.15) is 27.0 Å². The fourth-order valence-corrected chi connectivity index (χ4v) is 2.00. The molecule has 0 spiro atoms. The van der Waals surface area contributed by atoms with Crippen LogP contribution in [0.3, 0.4) is 0 Å². The quantitative estimate of drug-likeness (QED) is 0.270. The summed E-state index contributed by atoms with van der Waals surface area (Å²) in [6.07, 6.45) is -9.48. The number of phenolic OH excluding ortho intramolecular Hbond substituents is 3. The van der Waals surface area contributed by atoms with E-state index in [2.05, 4.69) is 5.10 Å². The zero-order valence-corrected chi connectivity index (χ0v) is 13.4. The molecule has 0 aromatic heterocycles.